The van der Waals surface area contributed by atoms with Gasteiger partial charge in [-0.05, 0) is 148 Å². The Morgan fingerprint density at radius 2 is 0.470 bits per heavy atom. The predicted molar refractivity (Wildman–Crippen MR) is 362 cm³/mol. The van der Waals surface area contributed by atoms with E-state index in [1.807, 2.05) is 0 Å². The number of esters is 3. The molecular weight excluding hydrogens is 1020 g/mol. The first-order chi connectivity index (χ1) is 41.0. The Morgan fingerprint density at radius 3 is 0.747 bits per heavy atom. The third kappa shape index (κ3) is 67.7. The molecule has 0 saturated heterocycles. The van der Waals surface area contributed by atoms with Gasteiger partial charge in [-0.25, -0.2) is 0 Å². The van der Waals surface area contributed by atoms with Gasteiger partial charge in [0, 0.05) is 19.3 Å². The van der Waals surface area contributed by atoms with Crippen LogP contribution >= 0.6 is 0 Å². The lowest BCUT2D eigenvalue weighted by Crippen LogP contribution is -2.30. The van der Waals surface area contributed by atoms with E-state index in [9.17, 15) is 14.4 Å². The van der Waals surface area contributed by atoms with Crippen LogP contribution in [0.3, 0.4) is 0 Å². The fraction of sp³-hybridized carbons (Fsp3) is 0.623. The van der Waals surface area contributed by atoms with Gasteiger partial charge in [-0.3, -0.25) is 14.4 Å². The van der Waals surface area contributed by atoms with E-state index in [1.165, 1.54) is 77.0 Å². The van der Waals surface area contributed by atoms with Crippen LogP contribution in [0.15, 0.2) is 158 Å². The standard InChI is InChI=1S/C77H124O6/c1-4-7-10-13-16-19-22-25-28-30-31-32-33-34-35-36-37-38-39-40-41-42-43-44-45-47-49-52-55-58-61-64-67-70-76(79)82-73-74(72-81-75(78)69-66-63-60-57-54-51-48-27-24-21-18-15-12-9-6-3)83-77(80)71-68-65-62-59-56-53-50-46-29-26-23-20-17-14-11-8-5-2/h7-8,10-11,16-17,19-20,25-29,31-32,34-35,37-38,40-41,43-44,47-49,74H,4-6,9,12-15,18,21-24,30,33,36,39,42,45-46,50-73H2,1-3H3/b10-7-,11-8-,19-16-,20-17-,28-25-,29-26-,32-31-,35-34-,38-37-,41-40-,44-43-,48-27-,49-47-. The van der Waals surface area contributed by atoms with E-state index in [0.717, 1.165) is 173 Å². The van der Waals surface area contributed by atoms with Crippen LogP contribution < -0.4 is 0 Å². The summed E-state index contributed by atoms with van der Waals surface area (Å²) in [4.78, 5) is 38.4. The Kier molecular flexibility index (Phi) is 65.4. The number of hydrogen-bond acceptors (Lipinski definition) is 6. The normalized spacial score (nSPS) is 13.1. The molecular formula is C77H124O6. The molecule has 0 aliphatic heterocycles. The summed E-state index contributed by atoms with van der Waals surface area (Å²) in [6, 6.07) is 0. The number of hydrogen-bond donors (Lipinski definition) is 0. The molecule has 0 fully saturated rings. The molecule has 0 N–H and O–H groups in total. The molecule has 468 valence electrons. The van der Waals surface area contributed by atoms with Crippen LogP contribution in [0.5, 0.6) is 0 Å². The van der Waals surface area contributed by atoms with E-state index in [2.05, 4.69) is 179 Å². The second kappa shape index (κ2) is 69.5. The fourth-order valence-electron chi connectivity index (χ4n) is 8.97. The molecule has 83 heavy (non-hydrogen) atoms. The second-order valence-corrected chi connectivity index (χ2v) is 22.0. The molecule has 0 rings (SSSR count). The molecule has 0 amide bonds. The molecule has 0 spiro atoms. The van der Waals surface area contributed by atoms with Crippen LogP contribution in [0.1, 0.15) is 290 Å². The summed E-state index contributed by atoms with van der Waals surface area (Å²) in [7, 11) is 0. The predicted octanol–water partition coefficient (Wildman–Crippen LogP) is 23.7. The van der Waals surface area contributed by atoms with Crippen LogP contribution in [0, 0.1) is 0 Å². The zero-order valence-electron chi connectivity index (χ0n) is 53.7. The third-order valence-electron chi connectivity index (χ3n) is 14.0. The van der Waals surface area contributed by atoms with Crippen LogP contribution in [-0.4, -0.2) is 37.2 Å². The van der Waals surface area contributed by atoms with E-state index in [0.29, 0.717) is 19.3 Å². The fourth-order valence-corrected chi connectivity index (χ4v) is 8.97. The zero-order chi connectivity index (χ0) is 59.9. The van der Waals surface area contributed by atoms with Crippen molar-refractivity contribution < 1.29 is 28.6 Å². The highest BCUT2D eigenvalue weighted by Crippen LogP contribution is 2.15. The van der Waals surface area contributed by atoms with Gasteiger partial charge >= 0.3 is 17.9 Å². The summed E-state index contributed by atoms with van der Waals surface area (Å²) >= 11 is 0. The van der Waals surface area contributed by atoms with Crippen LogP contribution in [0.2, 0.25) is 0 Å². The minimum atomic E-state index is -0.803. The summed E-state index contributed by atoms with van der Waals surface area (Å²) in [5.41, 5.74) is 0. The van der Waals surface area contributed by atoms with Crippen molar-refractivity contribution in [3.8, 4) is 0 Å². The monoisotopic (exact) mass is 1140 g/mol. The second-order valence-electron chi connectivity index (χ2n) is 22.0. The number of rotatable bonds is 60. The van der Waals surface area contributed by atoms with Crippen LogP contribution in [0.25, 0.3) is 0 Å². The van der Waals surface area contributed by atoms with Crippen molar-refractivity contribution in [3.05, 3.63) is 158 Å². The molecule has 1 atom stereocenters. The molecule has 0 aliphatic carbocycles. The summed E-state index contributed by atoms with van der Waals surface area (Å²) < 4.78 is 16.9. The van der Waals surface area contributed by atoms with Crippen molar-refractivity contribution in [1.29, 1.82) is 0 Å². The number of unbranched alkanes of at least 4 members (excludes halogenated alkanes) is 23. The first kappa shape index (κ1) is 78.0. The molecule has 0 aromatic carbocycles. The van der Waals surface area contributed by atoms with Crippen LogP contribution in [-0.2, 0) is 28.6 Å². The molecule has 0 radical (unpaired) electrons. The van der Waals surface area contributed by atoms with Crippen molar-refractivity contribution >= 4 is 17.9 Å². The highest BCUT2D eigenvalue weighted by Gasteiger charge is 2.19. The van der Waals surface area contributed by atoms with Crippen molar-refractivity contribution in [3.63, 3.8) is 0 Å². The van der Waals surface area contributed by atoms with Crippen LogP contribution in [0.4, 0.5) is 0 Å². The van der Waals surface area contributed by atoms with Gasteiger partial charge in [0.05, 0.1) is 0 Å². The maximum atomic E-state index is 12.9. The first-order valence-corrected chi connectivity index (χ1v) is 34.0. The van der Waals surface area contributed by atoms with Gasteiger partial charge < -0.3 is 14.2 Å². The Bertz CT molecular complexity index is 1840. The molecule has 0 saturated carbocycles. The maximum absolute atomic E-state index is 12.9. The minimum Gasteiger partial charge on any atom is -0.462 e. The molecule has 0 aromatic rings. The average molecular weight is 1150 g/mol. The maximum Gasteiger partial charge on any atom is 0.306 e. The Balaban J connectivity index is 4.38. The number of allylic oxidation sites excluding steroid dienone is 26. The molecule has 0 heterocycles. The van der Waals surface area contributed by atoms with Gasteiger partial charge in [0.1, 0.15) is 13.2 Å². The van der Waals surface area contributed by atoms with Crippen molar-refractivity contribution in [1.82, 2.24) is 0 Å². The Hall–Kier alpha value is -4.97. The highest BCUT2D eigenvalue weighted by atomic mass is 16.6. The van der Waals surface area contributed by atoms with Gasteiger partial charge in [-0.2, -0.15) is 0 Å². The summed E-state index contributed by atoms with van der Waals surface area (Å²) in [6.07, 6.45) is 101. The zero-order valence-corrected chi connectivity index (χ0v) is 53.7. The molecule has 0 bridgehead atoms. The Morgan fingerprint density at radius 1 is 0.253 bits per heavy atom. The van der Waals surface area contributed by atoms with E-state index >= 15 is 0 Å². The number of carbonyl (C=O) groups excluding carboxylic acids is 3. The lowest BCUT2D eigenvalue weighted by molar-refractivity contribution is -0.167. The van der Waals surface area contributed by atoms with E-state index in [4.69, 9.17) is 14.2 Å². The quantitative estimate of drug-likeness (QED) is 0.0261. The highest BCUT2D eigenvalue weighted by molar-refractivity contribution is 5.71. The third-order valence-corrected chi connectivity index (χ3v) is 14.0. The molecule has 0 aromatic heterocycles. The summed E-state index contributed by atoms with van der Waals surface area (Å²) in [5.74, 6) is -0.934. The van der Waals surface area contributed by atoms with Crippen molar-refractivity contribution in [2.75, 3.05) is 13.2 Å². The first-order valence-electron chi connectivity index (χ1n) is 34.0. The summed E-state index contributed by atoms with van der Waals surface area (Å²) in [6.45, 7) is 6.39. The lowest BCUT2D eigenvalue weighted by atomic mass is 10.1. The van der Waals surface area contributed by atoms with Gasteiger partial charge in [-0.15, -0.1) is 0 Å². The smallest absolute Gasteiger partial charge is 0.306 e. The number of ether oxygens (including phenoxy) is 3. The van der Waals surface area contributed by atoms with E-state index in [-0.39, 0.29) is 31.1 Å². The minimum absolute atomic E-state index is 0.0974. The largest absolute Gasteiger partial charge is 0.462 e. The van der Waals surface area contributed by atoms with Gasteiger partial charge in [0.2, 0.25) is 0 Å². The molecule has 6 nitrogen and oxygen atoms in total. The van der Waals surface area contributed by atoms with Gasteiger partial charge in [-0.1, -0.05) is 281 Å². The van der Waals surface area contributed by atoms with E-state index < -0.39 is 6.10 Å². The topological polar surface area (TPSA) is 78.9 Å². The molecule has 6 heteroatoms. The molecule has 1 unspecified atom stereocenters. The van der Waals surface area contributed by atoms with Gasteiger partial charge in [0.25, 0.3) is 0 Å². The number of carbonyl (C=O) groups is 3. The SMILES string of the molecule is CC/C=C\C/C=C\C/C=C\C/C=C\C/C=C\C/C=C\C/C=C\C/C=C\C/C=C\CCCCCCCC(=O)OCC(COC(=O)CCCCCCC/C=C\CCCCCCCC)OC(=O)CCCCCCCCC/C=C\C/C=C\C/C=C\CC. The molecule has 0 aliphatic rings. The lowest BCUT2D eigenvalue weighted by Gasteiger charge is -2.18. The van der Waals surface area contributed by atoms with Crippen molar-refractivity contribution in [2.24, 2.45) is 0 Å². The summed E-state index contributed by atoms with van der Waals surface area (Å²) in [5, 5.41) is 0. The Labute approximate surface area is 511 Å². The van der Waals surface area contributed by atoms with Gasteiger partial charge in [0.15, 0.2) is 6.10 Å². The van der Waals surface area contributed by atoms with E-state index in [1.54, 1.807) is 0 Å². The average Bonchev–Trinajstić information content (AvgIpc) is 3.49. The van der Waals surface area contributed by atoms with Crippen molar-refractivity contribution in [2.45, 2.75) is 297 Å².